The van der Waals surface area contributed by atoms with E-state index in [0.717, 1.165) is 12.1 Å². The Balaban J connectivity index is 3.29. The van der Waals surface area contributed by atoms with Gasteiger partial charge in [0.05, 0.1) is 10.0 Å². The van der Waals surface area contributed by atoms with Crippen molar-refractivity contribution in [2.24, 2.45) is 0 Å². The standard InChI is InChI=1S/C8H5BrF5NO/c9-3-1-2-4(15)5(7(10)11)6(3)16-8(12,13)14/h1-2,7H,15H2. The highest BCUT2D eigenvalue weighted by atomic mass is 79.9. The molecule has 0 aliphatic rings. The molecule has 90 valence electrons. The number of hydrogen-bond acceptors (Lipinski definition) is 2. The Kier molecular flexibility index (Phi) is 3.61. The minimum Gasteiger partial charge on any atom is -0.404 e. The molecule has 2 N–H and O–H groups in total. The van der Waals surface area contributed by atoms with Crippen molar-refractivity contribution in [3.63, 3.8) is 0 Å². The molecule has 0 heterocycles. The van der Waals surface area contributed by atoms with Crippen molar-refractivity contribution in [1.82, 2.24) is 0 Å². The molecule has 0 unspecified atom stereocenters. The number of nitrogens with two attached hydrogens (primary N) is 1. The molecule has 0 spiro atoms. The molecule has 0 aliphatic carbocycles. The Hall–Kier alpha value is -1.05. The van der Waals surface area contributed by atoms with E-state index in [0.29, 0.717) is 0 Å². The summed E-state index contributed by atoms with van der Waals surface area (Å²) in [5.41, 5.74) is 3.72. The van der Waals surface area contributed by atoms with Crippen molar-refractivity contribution in [3.05, 3.63) is 22.2 Å². The van der Waals surface area contributed by atoms with Gasteiger partial charge in [0.2, 0.25) is 0 Å². The molecular formula is C8H5BrF5NO. The Morgan fingerprint density at radius 2 is 1.81 bits per heavy atom. The zero-order chi connectivity index (χ0) is 12.5. The van der Waals surface area contributed by atoms with Crippen LogP contribution in [0.1, 0.15) is 12.0 Å². The van der Waals surface area contributed by atoms with E-state index >= 15 is 0 Å². The third-order valence-electron chi connectivity index (χ3n) is 1.62. The second kappa shape index (κ2) is 4.44. The van der Waals surface area contributed by atoms with Crippen LogP contribution < -0.4 is 10.5 Å². The van der Waals surface area contributed by atoms with Crippen molar-refractivity contribution >= 4 is 21.6 Å². The fraction of sp³-hybridized carbons (Fsp3) is 0.250. The third-order valence-corrected chi connectivity index (χ3v) is 2.24. The Morgan fingerprint density at radius 1 is 1.25 bits per heavy atom. The highest BCUT2D eigenvalue weighted by Crippen LogP contribution is 2.41. The molecule has 0 fully saturated rings. The molecule has 2 nitrogen and oxygen atoms in total. The second-order valence-corrected chi connectivity index (χ2v) is 3.58. The Bertz CT molecular complexity index is 393. The SMILES string of the molecule is Nc1ccc(Br)c(OC(F)(F)F)c1C(F)F. The first-order chi connectivity index (χ1) is 7.22. The van der Waals surface area contributed by atoms with Gasteiger partial charge in [-0.15, -0.1) is 13.2 Å². The van der Waals surface area contributed by atoms with Gasteiger partial charge >= 0.3 is 6.36 Å². The fourth-order valence-electron chi connectivity index (χ4n) is 1.03. The number of halogens is 6. The van der Waals surface area contributed by atoms with E-state index < -0.39 is 29.8 Å². The minimum absolute atomic E-state index is 0.241. The molecule has 0 bridgehead atoms. The molecule has 16 heavy (non-hydrogen) atoms. The summed E-state index contributed by atoms with van der Waals surface area (Å²) >= 11 is 2.69. The zero-order valence-electron chi connectivity index (χ0n) is 7.49. The summed E-state index contributed by atoms with van der Waals surface area (Å²) in [6, 6.07) is 2.16. The van der Waals surface area contributed by atoms with Gasteiger partial charge in [0, 0.05) is 5.69 Å². The summed E-state index contributed by atoms with van der Waals surface area (Å²) in [5, 5.41) is 0. The fourth-order valence-corrected chi connectivity index (χ4v) is 1.46. The minimum atomic E-state index is -5.06. The van der Waals surface area contributed by atoms with Crippen LogP contribution in [-0.4, -0.2) is 6.36 Å². The smallest absolute Gasteiger partial charge is 0.404 e. The van der Waals surface area contributed by atoms with E-state index in [1.807, 2.05) is 0 Å². The summed E-state index contributed by atoms with van der Waals surface area (Å²) in [4.78, 5) is 0. The molecule has 0 aliphatic heterocycles. The van der Waals surface area contributed by atoms with Crippen LogP contribution in [0.2, 0.25) is 0 Å². The molecule has 0 radical (unpaired) electrons. The summed E-state index contributed by atoms with van der Waals surface area (Å²) in [6.45, 7) is 0. The lowest BCUT2D eigenvalue weighted by Gasteiger charge is -2.15. The van der Waals surface area contributed by atoms with E-state index in [9.17, 15) is 22.0 Å². The molecular weight excluding hydrogens is 301 g/mol. The molecule has 8 heteroatoms. The van der Waals surface area contributed by atoms with Crippen LogP contribution in [0.4, 0.5) is 27.6 Å². The van der Waals surface area contributed by atoms with Crippen molar-refractivity contribution in [2.75, 3.05) is 5.73 Å². The Labute approximate surface area is 95.3 Å². The number of alkyl halides is 5. The van der Waals surface area contributed by atoms with Crippen LogP contribution >= 0.6 is 15.9 Å². The highest BCUT2D eigenvalue weighted by Gasteiger charge is 2.35. The largest absolute Gasteiger partial charge is 0.573 e. The van der Waals surface area contributed by atoms with E-state index in [4.69, 9.17) is 5.73 Å². The first-order valence-corrected chi connectivity index (χ1v) is 4.63. The van der Waals surface area contributed by atoms with E-state index in [-0.39, 0.29) is 4.47 Å². The maximum atomic E-state index is 12.5. The highest BCUT2D eigenvalue weighted by molar-refractivity contribution is 9.10. The third kappa shape index (κ3) is 2.97. The van der Waals surface area contributed by atoms with Crippen LogP contribution in [0.15, 0.2) is 16.6 Å². The lowest BCUT2D eigenvalue weighted by atomic mass is 10.1. The van der Waals surface area contributed by atoms with Crippen LogP contribution in [-0.2, 0) is 0 Å². The summed E-state index contributed by atoms with van der Waals surface area (Å²) in [5.74, 6) is -1.01. The van der Waals surface area contributed by atoms with Gasteiger partial charge in [-0.25, -0.2) is 8.78 Å². The summed E-state index contributed by atoms with van der Waals surface area (Å²) < 4.78 is 64.2. The molecule has 0 saturated heterocycles. The van der Waals surface area contributed by atoms with Gasteiger partial charge in [-0.1, -0.05) is 0 Å². The number of ether oxygens (including phenoxy) is 1. The first-order valence-electron chi connectivity index (χ1n) is 3.84. The molecule has 0 amide bonds. The van der Waals surface area contributed by atoms with Crippen molar-refractivity contribution in [3.8, 4) is 5.75 Å². The van der Waals surface area contributed by atoms with Gasteiger partial charge in [-0.3, -0.25) is 0 Å². The number of anilines is 1. The van der Waals surface area contributed by atoms with Crippen LogP contribution in [0.3, 0.4) is 0 Å². The normalized spacial score (nSPS) is 11.9. The molecule has 0 saturated carbocycles. The average molecular weight is 306 g/mol. The lowest BCUT2D eigenvalue weighted by molar-refractivity contribution is -0.275. The van der Waals surface area contributed by atoms with Crippen LogP contribution in [0.25, 0.3) is 0 Å². The zero-order valence-corrected chi connectivity index (χ0v) is 9.07. The molecule has 0 aromatic heterocycles. The number of rotatable bonds is 2. The van der Waals surface area contributed by atoms with Gasteiger partial charge in [0.25, 0.3) is 6.43 Å². The van der Waals surface area contributed by atoms with Gasteiger partial charge in [-0.05, 0) is 28.1 Å². The average Bonchev–Trinajstić information content (AvgIpc) is 2.08. The van der Waals surface area contributed by atoms with Gasteiger partial charge in [0.1, 0.15) is 0 Å². The maximum absolute atomic E-state index is 12.5. The van der Waals surface area contributed by atoms with E-state index in [1.54, 1.807) is 0 Å². The Morgan fingerprint density at radius 3 is 2.25 bits per heavy atom. The van der Waals surface area contributed by atoms with Crippen LogP contribution in [0, 0.1) is 0 Å². The second-order valence-electron chi connectivity index (χ2n) is 2.73. The first kappa shape index (κ1) is 13.0. The van der Waals surface area contributed by atoms with E-state index in [1.165, 1.54) is 0 Å². The van der Waals surface area contributed by atoms with Crippen LogP contribution in [0.5, 0.6) is 5.75 Å². The predicted octanol–water partition coefficient (Wildman–Crippen LogP) is 3.87. The number of nitrogen functional groups attached to an aromatic ring is 1. The quantitative estimate of drug-likeness (QED) is 0.665. The van der Waals surface area contributed by atoms with Crippen molar-refractivity contribution in [2.45, 2.75) is 12.8 Å². The predicted molar refractivity (Wildman–Crippen MR) is 50.2 cm³/mol. The molecule has 1 aromatic carbocycles. The van der Waals surface area contributed by atoms with Gasteiger partial charge < -0.3 is 10.5 Å². The molecule has 0 atom stereocenters. The van der Waals surface area contributed by atoms with Gasteiger partial charge in [0.15, 0.2) is 5.75 Å². The van der Waals surface area contributed by atoms with Crippen molar-refractivity contribution in [1.29, 1.82) is 0 Å². The van der Waals surface area contributed by atoms with Gasteiger partial charge in [-0.2, -0.15) is 0 Å². The summed E-state index contributed by atoms with van der Waals surface area (Å²) in [7, 11) is 0. The van der Waals surface area contributed by atoms with Crippen molar-refractivity contribution < 1.29 is 26.7 Å². The van der Waals surface area contributed by atoms with E-state index in [2.05, 4.69) is 20.7 Å². The maximum Gasteiger partial charge on any atom is 0.573 e. The number of hydrogen-bond donors (Lipinski definition) is 1. The molecule has 1 rings (SSSR count). The summed E-state index contributed by atoms with van der Waals surface area (Å²) in [6.07, 6.45) is -8.21. The number of benzene rings is 1. The topological polar surface area (TPSA) is 35.2 Å². The lowest BCUT2D eigenvalue weighted by Crippen LogP contribution is -2.19. The monoisotopic (exact) mass is 305 g/mol. The molecule has 1 aromatic rings.